The van der Waals surface area contributed by atoms with Crippen LogP contribution in [0.3, 0.4) is 0 Å². The predicted molar refractivity (Wildman–Crippen MR) is 100.0 cm³/mol. The summed E-state index contributed by atoms with van der Waals surface area (Å²) in [7, 11) is 0. The minimum absolute atomic E-state index is 0.219. The highest BCUT2D eigenvalue weighted by Crippen LogP contribution is 2.32. The van der Waals surface area contributed by atoms with Crippen molar-refractivity contribution in [2.24, 2.45) is 0 Å². The van der Waals surface area contributed by atoms with Crippen molar-refractivity contribution in [3.8, 4) is 22.8 Å². The highest BCUT2D eigenvalue weighted by Gasteiger charge is 2.19. The van der Waals surface area contributed by atoms with Crippen LogP contribution in [-0.2, 0) is 6.54 Å². The van der Waals surface area contributed by atoms with Crippen LogP contribution in [0.5, 0.6) is 11.5 Å². The Morgan fingerprint density at radius 3 is 2.89 bits per heavy atom. The van der Waals surface area contributed by atoms with Crippen molar-refractivity contribution >= 4 is 11.4 Å². The van der Waals surface area contributed by atoms with Crippen molar-refractivity contribution in [1.29, 1.82) is 0 Å². The molecule has 5 rings (SSSR count). The molecule has 0 bridgehead atoms. The van der Waals surface area contributed by atoms with E-state index in [4.69, 9.17) is 9.47 Å². The molecule has 0 saturated heterocycles. The number of fused-ring (bicyclic) bond motifs is 2. The molecule has 0 atom stereocenters. The predicted octanol–water partition coefficient (Wildman–Crippen LogP) is 2.45. The van der Waals surface area contributed by atoms with E-state index in [1.807, 2.05) is 30.3 Å². The van der Waals surface area contributed by atoms with Gasteiger partial charge in [0.1, 0.15) is 5.69 Å². The highest BCUT2D eigenvalue weighted by molar-refractivity contribution is 5.94. The van der Waals surface area contributed by atoms with E-state index in [2.05, 4.69) is 20.3 Å². The number of amides is 1. The Morgan fingerprint density at radius 2 is 2.00 bits per heavy atom. The van der Waals surface area contributed by atoms with E-state index < -0.39 is 0 Å². The molecule has 4 aromatic rings. The van der Waals surface area contributed by atoms with E-state index in [0.717, 1.165) is 16.6 Å². The molecule has 8 heteroatoms. The zero-order valence-corrected chi connectivity index (χ0v) is 14.7. The summed E-state index contributed by atoms with van der Waals surface area (Å²) in [5.74, 6) is 1.40. The Morgan fingerprint density at radius 1 is 1.11 bits per heavy atom. The number of benzene rings is 1. The topological polar surface area (TPSA) is 90.6 Å². The third-order valence-electron chi connectivity index (χ3n) is 4.47. The van der Waals surface area contributed by atoms with Gasteiger partial charge in [0.05, 0.1) is 11.7 Å². The molecule has 0 unspecified atom stereocenters. The molecule has 0 aliphatic carbocycles. The molecule has 0 fully saturated rings. The van der Waals surface area contributed by atoms with Gasteiger partial charge in [0.25, 0.3) is 5.91 Å². The molecule has 28 heavy (non-hydrogen) atoms. The van der Waals surface area contributed by atoms with E-state index in [1.165, 1.54) is 0 Å². The summed E-state index contributed by atoms with van der Waals surface area (Å²) < 4.78 is 12.4. The first kappa shape index (κ1) is 16.2. The van der Waals surface area contributed by atoms with Gasteiger partial charge in [0.15, 0.2) is 11.5 Å². The maximum atomic E-state index is 12.8. The fourth-order valence-corrected chi connectivity index (χ4v) is 3.13. The van der Waals surface area contributed by atoms with E-state index in [-0.39, 0.29) is 18.5 Å². The molecule has 1 aromatic carbocycles. The lowest BCUT2D eigenvalue weighted by molar-refractivity contribution is 0.0940. The first-order valence-electron chi connectivity index (χ1n) is 8.69. The molecule has 0 radical (unpaired) electrons. The Hall–Kier alpha value is -3.94. The van der Waals surface area contributed by atoms with Crippen LogP contribution >= 0.6 is 0 Å². The number of aromatic nitrogens is 4. The second-order valence-electron chi connectivity index (χ2n) is 6.23. The number of hydrogen-bond donors (Lipinski definition) is 1. The summed E-state index contributed by atoms with van der Waals surface area (Å²) in [4.78, 5) is 25.7. The molecule has 138 valence electrons. The second kappa shape index (κ2) is 6.66. The molecule has 1 amide bonds. The molecule has 1 aliphatic rings. The van der Waals surface area contributed by atoms with Gasteiger partial charge >= 0.3 is 0 Å². The summed E-state index contributed by atoms with van der Waals surface area (Å²) in [6, 6.07) is 9.31. The first-order chi connectivity index (χ1) is 13.8. The summed E-state index contributed by atoms with van der Waals surface area (Å²) in [6.07, 6.45) is 8.43. The molecule has 8 nitrogen and oxygen atoms in total. The summed E-state index contributed by atoms with van der Waals surface area (Å²) >= 11 is 0. The smallest absolute Gasteiger partial charge is 0.287 e. The van der Waals surface area contributed by atoms with Gasteiger partial charge in [-0.1, -0.05) is 6.07 Å². The summed E-state index contributed by atoms with van der Waals surface area (Å²) in [6.45, 7) is 0.564. The minimum atomic E-state index is -0.283. The lowest BCUT2D eigenvalue weighted by atomic mass is 10.2. The SMILES string of the molecule is O=C(NCc1ccc2c(c1)OCO2)c1nc(-c2cccnc2)c2cnccn12. The van der Waals surface area contributed by atoms with E-state index in [1.54, 1.807) is 35.4 Å². The monoisotopic (exact) mass is 373 g/mol. The molecular weight excluding hydrogens is 358 g/mol. The Bertz CT molecular complexity index is 1170. The van der Waals surface area contributed by atoms with Gasteiger partial charge in [-0.25, -0.2) is 4.98 Å². The third kappa shape index (κ3) is 2.81. The van der Waals surface area contributed by atoms with Crippen molar-refractivity contribution in [2.45, 2.75) is 6.54 Å². The number of nitrogens with one attached hydrogen (secondary N) is 1. The number of ether oxygens (including phenoxy) is 2. The largest absolute Gasteiger partial charge is 0.454 e. The number of rotatable bonds is 4. The lowest BCUT2D eigenvalue weighted by Gasteiger charge is -2.05. The normalized spacial score (nSPS) is 12.3. The van der Waals surface area contributed by atoms with E-state index in [9.17, 15) is 4.79 Å². The maximum Gasteiger partial charge on any atom is 0.287 e. The van der Waals surface area contributed by atoms with Crippen LogP contribution in [0, 0.1) is 0 Å². The van der Waals surface area contributed by atoms with Gasteiger partial charge in [-0.2, -0.15) is 0 Å². The number of nitrogens with zero attached hydrogens (tertiary/aromatic N) is 4. The standard InChI is InChI=1S/C20H15N5O3/c26-20(23-9-13-3-4-16-17(8-13)28-12-27-16)19-24-18(14-2-1-5-21-10-14)15-11-22-6-7-25(15)19/h1-8,10-11H,9,12H2,(H,23,26). The third-order valence-corrected chi connectivity index (χ3v) is 4.47. The average Bonchev–Trinajstić information content (AvgIpc) is 3.37. The van der Waals surface area contributed by atoms with Gasteiger partial charge in [0, 0.05) is 36.9 Å². The van der Waals surface area contributed by atoms with Crippen molar-refractivity contribution in [2.75, 3.05) is 6.79 Å². The van der Waals surface area contributed by atoms with Crippen LogP contribution in [-0.4, -0.2) is 32.1 Å². The molecule has 4 heterocycles. The number of carbonyl (C=O) groups is 1. The van der Waals surface area contributed by atoms with Gasteiger partial charge in [-0.3, -0.25) is 19.2 Å². The average molecular weight is 373 g/mol. The first-order valence-corrected chi connectivity index (χ1v) is 8.69. The molecule has 0 spiro atoms. The summed E-state index contributed by atoms with van der Waals surface area (Å²) in [5, 5.41) is 2.91. The number of carbonyl (C=O) groups excluding carboxylic acids is 1. The number of pyridine rings is 1. The molecular formula is C20H15N5O3. The van der Waals surface area contributed by atoms with Gasteiger partial charge in [-0.15, -0.1) is 0 Å². The van der Waals surface area contributed by atoms with Crippen molar-refractivity contribution < 1.29 is 14.3 Å². The van der Waals surface area contributed by atoms with Crippen molar-refractivity contribution in [3.63, 3.8) is 0 Å². The maximum absolute atomic E-state index is 12.8. The fourth-order valence-electron chi connectivity index (χ4n) is 3.13. The van der Waals surface area contributed by atoms with Crippen molar-refractivity contribution in [3.05, 3.63) is 72.7 Å². The minimum Gasteiger partial charge on any atom is -0.454 e. The number of hydrogen-bond acceptors (Lipinski definition) is 6. The zero-order valence-electron chi connectivity index (χ0n) is 14.7. The Kier molecular flexibility index (Phi) is 3.86. The van der Waals surface area contributed by atoms with Crippen LogP contribution in [0.15, 0.2) is 61.3 Å². The quantitative estimate of drug-likeness (QED) is 0.591. The zero-order chi connectivity index (χ0) is 18.9. The molecule has 1 aliphatic heterocycles. The van der Waals surface area contributed by atoms with Crippen LogP contribution < -0.4 is 14.8 Å². The number of imidazole rings is 1. The van der Waals surface area contributed by atoms with Gasteiger partial charge < -0.3 is 14.8 Å². The van der Waals surface area contributed by atoms with E-state index >= 15 is 0 Å². The second-order valence-corrected chi connectivity index (χ2v) is 6.23. The fraction of sp³-hybridized carbons (Fsp3) is 0.100. The lowest BCUT2D eigenvalue weighted by Crippen LogP contribution is -2.25. The molecule has 3 aromatic heterocycles. The van der Waals surface area contributed by atoms with Crippen LogP contribution in [0.25, 0.3) is 16.8 Å². The van der Waals surface area contributed by atoms with Gasteiger partial charge in [0.2, 0.25) is 12.6 Å². The van der Waals surface area contributed by atoms with Gasteiger partial charge in [-0.05, 0) is 29.8 Å². The molecule has 1 N–H and O–H groups in total. The van der Waals surface area contributed by atoms with Crippen LogP contribution in [0.4, 0.5) is 0 Å². The van der Waals surface area contributed by atoms with Crippen LogP contribution in [0.1, 0.15) is 16.2 Å². The Balaban J connectivity index is 1.43. The van der Waals surface area contributed by atoms with Crippen LogP contribution in [0.2, 0.25) is 0 Å². The van der Waals surface area contributed by atoms with Crippen molar-refractivity contribution in [1.82, 2.24) is 24.7 Å². The highest BCUT2D eigenvalue weighted by atomic mass is 16.7. The van der Waals surface area contributed by atoms with E-state index in [0.29, 0.717) is 23.7 Å². The molecule has 0 saturated carbocycles. The Labute approximate surface area is 159 Å². The summed E-state index contributed by atoms with van der Waals surface area (Å²) in [5.41, 5.74) is 3.13.